The number of amides is 2. The van der Waals surface area contributed by atoms with Crippen LogP contribution in [0.4, 0.5) is 0 Å². The van der Waals surface area contributed by atoms with Crippen molar-refractivity contribution in [2.45, 2.75) is 13.0 Å². The van der Waals surface area contributed by atoms with Gasteiger partial charge in [0.2, 0.25) is 0 Å². The highest BCUT2D eigenvalue weighted by Crippen LogP contribution is 2.35. The molecule has 31 heavy (non-hydrogen) atoms. The molecular formula is C23H21ClN2O4S. The molecule has 0 saturated carbocycles. The number of allylic oxidation sites excluding steroid dienone is 1. The van der Waals surface area contributed by atoms with Crippen molar-refractivity contribution in [2.75, 3.05) is 14.2 Å². The minimum Gasteiger partial charge on any atom is -0.493 e. The molecule has 160 valence electrons. The van der Waals surface area contributed by atoms with Gasteiger partial charge in [-0.3, -0.25) is 19.8 Å². The van der Waals surface area contributed by atoms with E-state index in [9.17, 15) is 9.59 Å². The molecule has 0 unspecified atom stereocenters. The van der Waals surface area contributed by atoms with Crippen LogP contribution in [0.15, 0.2) is 54.6 Å². The number of nitrogens with zero attached hydrogens (tertiary/aromatic N) is 1. The number of thiocarbonyl (C=S) groups is 1. The lowest BCUT2D eigenvalue weighted by Gasteiger charge is -2.25. The predicted octanol–water partition coefficient (Wildman–Crippen LogP) is 3.91. The van der Waals surface area contributed by atoms with Crippen molar-refractivity contribution < 1.29 is 19.1 Å². The van der Waals surface area contributed by atoms with Gasteiger partial charge in [-0.15, -0.1) is 6.58 Å². The molecule has 2 aromatic rings. The number of hydrogen-bond acceptors (Lipinski definition) is 5. The van der Waals surface area contributed by atoms with Crippen LogP contribution in [-0.2, 0) is 22.6 Å². The highest BCUT2D eigenvalue weighted by molar-refractivity contribution is 7.80. The Labute approximate surface area is 191 Å². The number of carbonyl (C=O) groups excluding carboxylic acids is 2. The highest BCUT2D eigenvalue weighted by Gasteiger charge is 2.30. The monoisotopic (exact) mass is 456 g/mol. The molecule has 0 aliphatic carbocycles. The Kier molecular flexibility index (Phi) is 7.09. The van der Waals surface area contributed by atoms with Crippen LogP contribution in [0.1, 0.15) is 16.7 Å². The fraction of sp³-hybridized carbons (Fsp3) is 0.174. The summed E-state index contributed by atoms with van der Waals surface area (Å²) in [5, 5.41) is 3.22. The molecule has 2 amide bonds. The third-order valence-corrected chi connectivity index (χ3v) is 5.28. The van der Waals surface area contributed by atoms with E-state index in [1.54, 1.807) is 24.3 Å². The quantitative estimate of drug-likeness (QED) is 0.296. The number of nitrogens with one attached hydrogen (secondary N) is 1. The molecular weight excluding hydrogens is 436 g/mol. The summed E-state index contributed by atoms with van der Waals surface area (Å²) < 4.78 is 11.6. The maximum atomic E-state index is 12.5. The van der Waals surface area contributed by atoms with Crippen molar-refractivity contribution >= 4 is 46.8 Å². The maximum absolute atomic E-state index is 12.5. The molecule has 0 aromatic heterocycles. The SMILES string of the molecule is C=CCc1cc(/C=C2\C(=O)NC(=S)N(C)C2=O)cc(OC)c1OCc1ccc(Cl)cc1. The lowest BCUT2D eigenvalue weighted by molar-refractivity contribution is -0.128. The lowest BCUT2D eigenvalue weighted by atomic mass is 10.0. The molecule has 0 bridgehead atoms. The molecule has 6 nitrogen and oxygen atoms in total. The van der Waals surface area contributed by atoms with Gasteiger partial charge in [0, 0.05) is 17.6 Å². The van der Waals surface area contributed by atoms with Crippen molar-refractivity contribution in [1.29, 1.82) is 0 Å². The van der Waals surface area contributed by atoms with E-state index in [-0.39, 0.29) is 10.7 Å². The van der Waals surface area contributed by atoms with E-state index in [1.807, 2.05) is 18.2 Å². The van der Waals surface area contributed by atoms with Crippen LogP contribution in [0.5, 0.6) is 11.5 Å². The Bertz CT molecular complexity index is 1080. The second-order valence-corrected chi connectivity index (χ2v) is 7.62. The summed E-state index contributed by atoms with van der Waals surface area (Å²) in [6.45, 7) is 4.12. The Hall–Kier alpha value is -3.16. The zero-order valence-corrected chi connectivity index (χ0v) is 18.7. The largest absolute Gasteiger partial charge is 0.493 e. The smallest absolute Gasteiger partial charge is 0.265 e. The van der Waals surface area contributed by atoms with Crippen LogP contribution in [0.25, 0.3) is 6.08 Å². The van der Waals surface area contributed by atoms with Crippen molar-refractivity contribution in [3.05, 3.63) is 76.3 Å². The van der Waals surface area contributed by atoms with Crippen molar-refractivity contribution in [2.24, 2.45) is 0 Å². The first-order valence-electron chi connectivity index (χ1n) is 9.38. The molecule has 0 atom stereocenters. The molecule has 0 spiro atoms. The summed E-state index contributed by atoms with van der Waals surface area (Å²) in [4.78, 5) is 26.0. The number of halogens is 1. The van der Waals surface area contributed by atoms with Crippen LogP contribution in [0.2, 0.25) is 5.02 Å². The van der Waals surface area contributed by atoms with Gasteiger partial charge in [0.15, 0.2) is 16.6 Å². The van der Waals surface area contributed by atoms with Gasteiger partial charge in [-0.2, -0.15) is 0 Å². The molecule has 1 heterocycles. The van der Waals surface area contributed by atoms with Crippen LogP contribution in [0, 0.1) is 0 Å². The Morgan fingerprint density at radius 2 is 1.94 bits per heavy atom. The minimum atomic E-state index is -0.541. The average Bonchev–Trinajstić information content (AvgIpc) is 2.75. The number of hydrogen-bond donors (Lipinski definition) is 1. The first-order valence-corrected chi connectivity index (χ1v) is 10.2. The van der Waals surface area contributed by atoms with Gasteiger partial charge >= 0.3 is 0 Å². The summed E-state index contributed by atoms with van der Waals surface area (Å²) in [5.41, 5.74) is 2.36. The topological polar surface area (TPSA) is 67.9 Å². The molecule has 8 heteroatoms. The number of methoxy groups -OCH3 is 1. The third kappa shape index (κ3) is 5.13. The number of likely N-dealkylation sites (N-methyl/N-ethyl adjacent to an activating group) is 1. The zero-order chi connectivity index (χ0) is 22.5. The van der Waals surface area contributed by atoms with Gasteiger partial charge < -0.3 is 9.47 Å². The van der Waals surface area contributed by atoms with Crippen molar-refractivity contribution in [3.8, 4) is 11.5 Å². The zero-order valence-electron chi connectivity index (χ0n) is 17.1. The van der Waals surface area contributed by atoms with Gasteiger partial charge in [-0.25, -0.2) is 0 Å². The standard InChI is InChI=1S/C23H21ClN2O4S/c1-4-5-16-10-15(11-18-21(27)25-23(31)26(2)22(18)28)12-19(29-3)20(16)30-13-14-6-8-17(24)9-7-14/h4,6-12H,1,5,13H2,2-3H3,(H,25,27,31)/b18-11+. The molecule has 2 aromatic carbocycles. The van der Waals surface area contributed by atoms with Gasteiger partial charge in [0.05, 0.1) is 7.11 Å². The van der Waals surface area contributed by atoms with Gasteiger partial charge in [-0.05, 0) is 60.1 Å². The van der Waals surface area contributed by atoms with E-state index >= 15 is 0 Å². The van der Waals surface area contributed by atoms with Gasteiger partial charge in [0.1, 0.15) is 12.2 Å². The van der Waals surface area contributed by atoms with Crippen LogP contribution < -0.4 is 14.8 Å². The summed E-state index contributed by atoms with van der Waals surface area (Å²) >= 11 is 10.9. The second-order valence-electron chi connectivity index (χ2n) is 6.80. The summed E-state index contributed by atoms with van der Waals surface area (Å²) in [7, 11) is 3.04. The molecule has 1 aliphatic heterocycles. The molecule has 1 saturated heterocycles. The Balaban J connectivity index is 1.96. The maximum Gasteiger partial charge on any atom is 0.265 e. The number of rotatable bonds is 7. The molecule has 1 fully saturated rings. The number of ether oxygens (including phenoxy) is 2. The highest BCUT2D eigenvalue weighted by atomic mass is 35.5. The van der Waals surface area contributed by atoms with E-state index < -0.39 is 11.8 Å². The predicted molar refractivity (Wildman–Crippen MR) is 124 cm³/mol. The average molecular weight is 457 g/mol. The summed E-state index contributed by atoms with van der Waals surface area (Å²) in [5.74, 6) is 0.0337. The lowest BCUT2D eigenvalue weighted by Crippen LogP contribution is -2.52. The van der Waals surface area contributed by atoms with E-state index in [4.69, 9.17) is 33.3 Å². The molecule has 3 rings (SSSR count). The molecule has 0 radical (unpaired) electrons. The number of carbonyl (C=O) groups is 2. The molecule has 1 N–H and O–H groups in total. The first-order chi connectivity index (χ1) is 14.8. The first kappa shape index (κ1) is 22.5. The van der Waals surface area contributed by atoms with E-state index in [0.717, 1.165) is 11.1 Å². The fourth-order valence-corrected chi connectivity index (χ4v) is 3.34. The normalized spacial score (nSPS) is 15.1. The van der Waals surface area contributed by atoms with Gasteiger partial charge in [0.25, 0.3) is 11.8 Å². The third-order valence-electron chi connectivity index (χ3n) is 4.65. The Morgan fingerprint density at radius 1 is 1.23 bits per heavy atom. The van der Waals surface area contributed by atoms with Crippen LogP contribution in [0.3, 0.4) is 0 Å². The van der Waals surface area contributed by atoms with Crippen molar-refractivity contribution in [3.63, 3.8) is 0 Å². The van der Waals surface area contributed by atoms with Crippen LogP contribution in [-0.4, -0.2) is 36.0 Å². The van der Waals surface area contributed by atoms with Crippen LogP contribution >= 0.6 is 23.8 Å². The number of benzene rings is 2. The minimum absolute atomic E-state index is 0.0162. The molecule has 1 aliphatic rings. The van der Waals surface area contributed by atoms with Crippen molar-refractivity contribution in [1.82, 2.24) is 10.2 Å². The Morgan fingerprint density at radius 3 is 2.58 bits per heavy atom. The summed E-state index contributed by atoms with van der Waals surface area (Å²) in [6.07, 6.45) is 3.76. The van der Waals surface area contributed by atoms with Gasteiger partial charge in [-0.1, -0.05) is 29.8 Å². The van der Waals surface area contributed by atoms with E-state index in [1.165, 1.54) is 25.1 Å². The summed E-state index contributed by atoms with van der Waals surface area (Å²) in [6, 6.07) is 10.9. The fourth-order valence-electron chi connectivity index (χ4n) is 3.04. The van der Waals surface area contributed by atoms with E-state index in [2.05, 4.69) is 11.9 Å². The van der Waals surface area contributed by atoms with E-state index in [0.29, 0.717) is 35.1 Å². The second kappa shape index (κ2) is 9.76.